The number of alkyl halides is 3. The normalized spacial score (nSPS) is 18.8. The second-order valence-electron chi connectivity index (χ2n) is 11.0. The Kier molecular flexibility index (Phi) is 9.40. The van der Waals surface area contributed by atoms with Gasteiger partial charge in [0.25, 0.3) is 17.4 Å². The first-order valence-corrected chi connectivity index (χ1v) is 14.1. The molecule has 1 aromatic carbocycles. The van der Waals surface area contributed by atoms with Crippen LogP contribution in [-0.4, -0.2) is 78.2 Å². The zero-order chi connectivity index (χ0) is 30.1. The SMILES string of the molecule is CN(C)C(=O)c1ccc(N2CCC(CC3CCN(C(=O)[C@](O)(c4cc(F)cc(Cl)c4)C(F)(F)F)CC3)CC2)nc1Cl. The lowest BCUT2D eigenvalue weighted by molar-refractivity contribution is -0.262. The van der Waals surface area contributed by atoms with Crippen molar-refractivity contribution in [1.82, 2.24) is 14.8 Å². The summed E-state index contributed by atoms with van der Waals surface area (Å²) in [5.74, 6) is -1.49. The first-order valence-electron chi connectivity index (χ1n) is 13.4. The van der Waals surface area contributed by atoms with Crippen LogP contribution in [0.4, 0.5) is 23.4 Å². The number of benzene rings is 1. The van der Waals surface area contributed by atoms with Crippen molar-refractivity contribution in [2.24, 2.45) is 11.8 Å². The number of piperidine rings is 2. The molecule has 0 radical (unpaired) electrons. The van der Waals surface area contributed by atoms with Crippen molar-refractivity contribution in [2.45, 2.75) is 43.9 Å². The van der Waals surface area contributed by atoms with E-state index in [2.05, 4.69) is 9.88 Å². The van der Waals surface area contributed by atoms with Crippen LogP contribution in [0.15, 0.2) is 30.3 Å². The Hall–Kier alpha value is -2.63. The van der Waals surface area contributed by atoms with Gasteiger partial charge in [-0.2, -0.15) is 13.2 Å². The van der Waals surface area contributed by atoms with E-state index in [0.717, 1.165) is 49.4 Å². The molecule has 2 fully saturated rings. The van der Waals surface area contributed by atoms with Crippen LogP contribution in [-0.2, 0) is 10.4 Å². The van der Waals surface area contributed by atoms with Gasteiger partial charge in [-0.3, -0.25) is 9.59 Å². The summed E-state index contributed by atoms with van der Waals surface area (Å²) < 4.78 is 55.9. The number of hydrogen-bond acceptors (Lipinski definition) is 5. The fourth-order valence-electron chi connectivity index (χ4n) is 5.64. The van der Waals surface area contributed by atoms with Crippen molar-refractivity contribution in [3.63, 3.8) is 0 Å². The number of likely N-dealkylation sites (tertiary alicyclic amines) is 1. The van der Waals surface area contributed by atoms with Crippen molar-refractivity contribution in [1.29, 1.82) is 0 Å². The molecule has 2 aliphatic heterocycles. The van der Waals surface area contributed by atoms with E-state index in [-0.39, 0.29) is 35.1 Å². The third-order valence-electron chi connectivity index (χ3n) is 7.98. The molecule has 2 aliphatic rings. The first-order chi connectivity index (χ1) is 19.2. The number of aliphatic hydroxyl groups is 1. The standard InChI is InChI=1S/C28H32Cl2F4N4O3/c1-36(2)25(39)22-3-4-23(35-24(22)30)37-9-5-17(6-10-37)13-18-7-11-38(12-8-18)26(40)27(41,28(32,33)34)19-14-20(29)16-21(31)15-19/h3-4,14-18,41H,5-13H2,1-2H3/t27-/m1/s1. The van der Waals surface area contributed by atoms with Crippen LogP contribution in [0.3, 0.4) is 0 Å². The van der Waals surface area contributed by atoms with Gasteiger partial charge >= 0.3 is 6.18 Å². The Morgan fingerprint density at radius 1 is 1.00 bits per heavy atom. The number of amides is 2. The molecule has 7 nitrogen and oxygen atoms in total. The number of nitrogens with zero attached hydrogens (tertiary/aromatic N) is 4. The van der Waals surface area contributed by atoms with Crippen LogP contribution in [0.1, 0.15) is 48.0 Å². The Morgan fingerprint density at radius 2 is 1.59 bits per heavy atom. The van der Waals surface area contributed by atoms with Crippen LogP contribution in [0, 0.1) is 17.7 Å². The van der Waals surface area contributed by atoms with Gasteiger partial charge in [-0.1, -0.05) is 23.2 Å². The van der Waals surface area contributed by atoms with E-state index >= 15 is 0 Å². The molecule has 3 heterocycles. The molecule has 41 heavy (non-hydrogen) atoms. The summed E-state index contributed by atoms with van der Waals surface area (Å²) in [7, 11) is 3.29. The van der Waals surface area contributed by atoms with Gasteiger partial charge in [0.1, 0.15) is 16.8 Å². The second-order valence-corrected chi connectivity index (χ2v) is 11.8. The Balaban J connectivity index is 1.32. The van der Waals surface area contributed by atoms with Crippen molar-refractivity contribution in [2.75, 3.05) is 45.2 Å². The number of anilines is 1. The molecular formula is C28H32Cl2F4N4O3. The number of aromatic nitrogens is 1. The van der Waals surface area contributed by atoms with Gasteiger partial charge in [0, 0.05) is 50.9 Å². The highest BCUT2D eigenvalue weighted by atomic mass is 35.5. The predicted molar refractivity (Wildman–Crippen MR) is 147 cm³/mol. The van der Waals surface area contributed by atoms with Crippen molar-refractivity contribution < 1.29 is 32.3 Å². The molecule has 2 amide bonds. The maximum atomic E-state index is 14.0. The van der Waals surface area contributed by atoms with Crippen molar-refractivity contribution in [3.05, 3.63) is 57.5 Å². The molecule has 224 valence electrons. The van der Waals surface area contributed by atoms with E-state index in [1.54, 1.807) is 26.2 Å². The summed E-state index contributed by atoms with van der Waals surface area (Å²) in [4.78, 5) is 34.2. The van der Waals surface area contributed by atoms with Crippen molar-refractivity contribution >= 4 is 40.8 Å². The largest absolute Gasteiger partial charge is 0.430 e. The molecule has 0 bridgehead atoms. The lowest BCUT2D eigenvalue weighted by Gasteiger charge is -2.40. The average Bonchev–Trinajstić information content (AvgIpc) is 2.91. The summed E-state index contributed by atoms with van der Waals surface area (Å²) in [5, 5.41) is 10.4. The minimum absolute atomic E-state index is 0.0597. The van der Waals surface area contributed by atoms with Gasteiger partial charge in [-0.15, -0.1) is 0 Å². The first kappa shape index (κ1) is 31.3. The third-order valence-corrected chi connectivity index (χ3v) is 8.48. The fraction of sp³-hybridized carbons (Fsp3) is 0.536. The smallest absolute Gasteiger partial charge is 0.368 e. The molecule has 2 saturated heterocycles. The Bertz CT molecular complexity index is 1260. The molecule has 13 heteroatoms. The van der Waals surface area contributed by atoms with Crippen LogP contribution in [0.25, 0.3) is 0 Å². The van der Waals surface area contributed by atoms with E-state index in [9.17, 15) is 32.3 Å². The molecule has 0 spiro atoms. The lowest BCUT2D eigenvalue weighted by atomic mass is 9.82. The van der Waals surface area contributed by atoms with E-state index in [1.807, 2.05) is 0 Å². The van der Waals surface area contributed by atoms with Gasteiger partial charge in [0.2, 0.25) is 0 Å². The number of pyridine rings is 1. The summed E-state index contributed by atoms with van der Waals surface area (Å²) in [6.07, 6.45) is -1.70. The molecular weight excluding hydrogens is 587 g/mol. The number of hydrogen-bond donors (Lipinski definition) is 1. The monoisotopic (exact) mass is 618 g/mol. The molecule has 2 aromatic rings. The molecule has 0 aliphatic carbocycles. The highest BCUT2D eigenvalue weighted by Gasteiger charge is 2.62. The zero-order valence-electron chi connectivity index (χ0n) is 22.7. The summed E-state index contributed by atoms with van der Waals surface area (Å²) in [5.41, 5.74) is -4.50. The molecule has 0 saturated carbocycles. The van der Waals surface area contributed by atoms with Crippen LogP contribution >= 0.6 is 23.2 Å². The molecule has 0 unspecified atom stereocenters. The molecule has 1 N–H and O–H groups in total. The number of carbonyl (C=O) groups is 2. The Morgan fingerprint density at radius 3 is 2.10 bits per heavy atom. The average molecular weight is 619 g/mol. The third kappa shape index (κ3) is 6.73. The molecule has 1 atom stereocenters. The van der Waals surface area contributed by atoms with E-state index in [4.69, 9.17) is 23.2 Å². The van der Waals surface area contributed by atoms with Gasteiger partial charge in [-0.05, 0) is 74.3 Å². The molecule has 1 aromatic heterocycles. The van der Waals surface area contributed by atoms with E-state index in [0.29, 0.717) is 36.2 Å². The lowest BCUT2D eigenvalue weighted by Crippen LogP contribution is -2.57. The highest BCUT2D eigenvalue weighted by Crippen LogP contribution is 2.42. The quantitative estimate of drug-likeness (QED) is 0.341. The summed E-state index contributed by atoms with van der Waals surface area (Å²) in [6, 6.07) is 5.51. The number of halogens is 6. The predicted octanol–water partition coefficient (Wildman–Crippen LogP) is 5.52. The zero-order valence-corrected chi connectivity index (χ0v) is 24.2. The van der Waals surface area contributed by atoms with Gasteiger partial charge < -0.3 is 19.8 Å². The van der Waals surface area contributed by atoms with Crippen LogP contribution in [0.2, 0.25) is 10.2 Å². The van der Waals surface area contributed by atoms with Crippen LogP contribution < -0.4 is 4.90 Å². The van der Waals surface area contributed by atoms with Gasteiger partial charge in [0.15, 0.2) is 0 Å². The summed E-state index contributed by atoms with van der Waals surface area (Å²) >= 11 is 12.0. The topological polar surface area (TPSA) is 77.0 Å². The number of rotatable bonds is 6. The maximum Gasteiger partial charge on any atom is 0.430 e. The van der Waals surface area contributed by atoms with Crippen molar-refractivity contribution in [3.8, 4) is 0 Å². The minimum Gasteiger partial charge on any atom is -0.368 e. The van der Waals surface area contributed by atoms with E-state index in [1.165, 1.54) is 4.90 Å². The van der Waals surface area contributed by atoms with Gasteiger partial charge in [0.05, 0.1) is 5.56 Å². The molecule has 4 rings (SSSR count). The second kappa shape index (κ2) is 12.3. The minimum atomic E-state index is -5.37. The maximum absolute atomic E-state index is 14.0. The van der Waals surface area contributed by atoms with Gasteiger partial charge in [-0.25, -0.2) is 9.37 Å². The fourth-order valence-corrected chi connectivity index (χ4v) is 6.09. The van der Waals surface area contributed by atoms with E-state index < -0.39 is 29.1 Å². The van der Waals surface area contributed by atoms with Crippen LogP contribution in [0.5, 0.6) is 0 Å². The summed E-state index contributed by atoms with van der Waals surface area (Å²) in [6.45, 7) is 1.62. The number of carbonyl (C=O) groups excluding carboxylic acids is 2. The highest BCUT2D eigenvalue weighted by molar-refractivity contribution is 6.32. The Labute approximate surface area is 246 Å².